The van der Waals surface area contributed by atoms with Crippen molar-refractivity contribution in [3.8, 4) is 11.5 Å². The lowest BCUT2D eigenvalue weighted by Crippen LogP contribution is -2.05. The van der Waals surface area contributed by atoms with Crippen LogP contribution in [-0.2, 0) is 17.7 Å². The van der Waals surface area contributed by atoms with Crippen LogP contribution in [0.4, 0.5) is 0 Å². The van der Waals surface area contributed by atoms with Crippen molar-refractivity contribution in [1.29, 1.82) is 0 Å². The molecule has 3 N–H and O–H groups in total. The Bertz CT molecular complexity index is 377. The zero-order chi connectivity index (χ0) is 10.8. The van der Waals surface area contributed by atoms with Crippen LogP contribution >= 0.6 is 0 Å². The summed E-state index contributed by atoms with van der Waals surface area (Å²) in [5.74, 6) is 6.23. The lowest BCUT2D eigenvalue weighted by molar-refractivity contribution is 0.140. The van der Waals surface area contributed by atoms with Crippen molar-refractivity contribution < 1.29 is 14.7 Å². The van der Waals surface area contributed by atoms with Gasteiger partial charge >= 0.3 is 0 Å². The second-order valence-electron chi connectivity index (χ2n) is 3.72. The van der Waals surface area contributed by atoms with Gasteiger partial charge in [-0.25, -0.2) is 5.90 Å². The quantitative estimate of drug-likeness (QED) is 0.731. The van der Waals surface area contributed by atoms with Gasteiger partial charge in [0.2, 0.25) is 0 Å². The van der Waals surface area contributed by atoms with Gasteiger partial charge in [0.05, 0.1) is 13.2 Å². The predicted octanol–water partition coefficient (Wildman–Crippen LogP) is 1.07. The Morgan fingerprint density at radius 3 is 3.13 bits per heavy atom. The minimum atomic E-state index is 0.344. The van der Waals surface area contributed by atoms with Crippen LogP contribution in [0, 0.1) is 6.92 Å². The van der Waals surface area contributed by atoms with Crippen molar-refractivity contribution in [3.05, 3.63) is 22.8 Å². The Hall–Kier alpha value is -1.26. The standard InChI is InChI=1S/C11H15NO3/c1-7-6-10-8(2-4-14-10)9(11(7)13)3-5-15-12/h6,13H,2-5,12H2,1H3. The van der Waals surface area contributed by atoms with Gasteiger partial charge in [-0.15, -0.1) is 0 Å². The molecule has 0 bridgehead atoms. The van der Waals surface area contributed by atoms with Gasteiger partial charge in [-0.05, 0) is 18.6 Å². The zero-order valence-electron chi connectivity index (χ0n) is 8.75. The van der Waals surface area contributed by atoms with E-state index in [0.717, 1.165) is 28.9 Å². The number of phenols is 1. The van der Waals surface area contributed by atoms with E-state index >= 15 is 0 Å². The van der Waals surface area contributed by atoms with Crippen molar-refractivity contribution >= 4 is 0 Å². The minimum Gasteiger partial charge on any atom is -0.507 e. The number of ether oxygens (including phenoxy) is 1. The van der Waals surface area contributed by atoms with Gasteiger partial charge in [-0.3, -0.25) is 0 Å². The summed E-state index contributed by atoms with van der Waals surface area (Å²) in [6, 6.07) is 1.88. The summed E-state index contributed by atoms with van der Waals surface area (Å²) in [7, 11) is 0. The molecule has 0 spiro atoms. The van der Waals surface area contributed by atoms with E-state index in [0.29, 0.717) is 25.4 Å². The van der Waals surface area contributed by atoms with Crippen molar-refractivity contribution in [3.63, 3.8) is 0 Å². The van der Waals surface area contributed by atoms with E-state index in [1.807, 2.05) is 13.0 Å². The van der Waals surface area contributed by atoms with E-state index in [1.54, 1.807) is 0 Å². The first kappa shape index (κ1) is 10.3. The van der Waals surface area contributed by atoms with Crippen LogP contribution < -0.4 is 10.6 Å². The number of hydrogen-bond acceptors (Lipinski definition) is 4. The van der Waals surface area contributed by atoms with Crippen molar-refractivity contribution in [2.75, 3.05) is 13.2 Å². The average Bonchev–Trinajstić information content (AvgIpc) is 2.66. The number of aromatic hydroxyl groups is 1. The number of nitrogens with two attached hydrogens (primary N) is 1. The van der Waals surface area contributed by atoms with Crippen LogP contribution in [0.1, 0.15) is 16.7 Å². The Labute approximate surface area is 88.6 Å². The summed E-state index contributed by atoms with van der Waals surface area (Å²) in [5, 5.41) is 9.94. The number of rotatable bonds is 3. The fourth-order valence-corrected chi connectivity index (χ4v) is 1.98. The number of benzene rings is 1. The van der Waals surface area contributed by atoms with Crippen LogP contribution in [0.15, 0.2) is 6.07 Å². The molecule has 82 valence electrons. The van der Waals surface area contributed by atoms with E-state index in [9.17, 15) is 5.11 Å². The molecule has 1 heterocycles. The molecule has 1 aliphatic heterocycles. The molecule has 15 heavy (non-hydrogen) atoms. The number of fused-ring (bicyclic) bond motifs is 1. The van der Waals surface area contributed by atoms with Crippen molar-refractivity contribution in [1.82, 2.24) is 0 Å². The first-order valence-electron chi connectivity index (χ1n) is 5.03. The van der Waals surface area contributed by atoms with E-state index in [1.165, 1.54) is 0 Å². The molecule has 0 amide bonds. The third-order valence-electron chi connectivity index (χ3n) is 2.75. The number of aryl methyl sites for hydroxylation is 1. The normalized spacial score (nSPS) is 13.7. The molecule has 4 heteroatoms. The number of hydrogen-bond donors (Lipinski definition) is 2. The molecule has 0 saturated heterocycles. The van der Waals surface area contributed by atoms with E-state index < -0.39 is 0 Å². The minimum absolute atomic E-state index is 0.344. The molecule has 0 radical (unpaired) electrons. The van der Waals surface area contributed by atoms with Gasteiger partial charge in [0.25, 0.3) is 0 Å². The van der Waals surface area contributed by atoms with Gasteiger partial charge < -0.3 is 14.7 Å². The van der Waals surface area contributed by atoms with Crippen molar-refractivity contribution in [2.24, 2.45) is 5.90 Å². The monoisotopic (exact) mass is 209 g/mol. The molecule has 0 unspecified atom stereocenters. The van der Waals surface area contributed by atoms with Crippen LogP contribution in [0.25, 0.3) is 0 Å². The molecular formula is C11H15NO3. The van der Waals surface area contributed by atoms with Crippen LogP contribution in [0.2, 0.25) is 0 Å². The first-order chi connectivity index (χ1) is 7.24. The average molecular weight is 209 g/mol. The fourth-order valence-electron chi connectivity index (χ4n) is 1.98. The fraction of sp³-hybridized carbons (Fsp3) is 0.455. The molecule has 1 aromatic rings. The van der Waals surface area contributed by atoms with E-state index in [4.69, 9.17) is 10.6 Å². The van der Waals surface area contributed by atoms with Crippen LogP contribution in [0.5, 0.6) is 11.5 Å². The van der Waals surface area contributed by atoms with Gasteiger partial charge in [-0.2, -0.15) is 0 Å². The lowest BCUT2D eigenvalue weighted by atomic mass is 9.98. The topological polar surface area (TPSA) is 64.7 Å². The summed E-state index contributed by atoms with van der Waals surface area (Å²) in [6.07, 6.45) is 1.47. The Kier molecular flexibility index (Phi) is 2.79. The van der Waals surface area contributed by atoms with Gasteiger partial charge in [-0.1, -0.05) is 0 Å². The summed E-state index contributed by atoms with van der Waals surface area (Å²) in [4.78, 5) is 4.55. The highest BCUT2D eigenvalue weighted by Crippen LogP contribution is 2.36. The summed E-state index contributed by atoms with van der Waals surface area (Å²) in [5.41, 5.74) is 2.84. The largest absolute Gasteiger partial charge is 0.507 e. The second-order valence-corrected chi connectivity index (χ2v) is 3.72. The maximum Gasteiger partial charge on any atom is 0.123 e. The van der Waals surface area contributed by atoms with Gasteiger partial charge in [0, 0.05) is 24.0 Å². The van der Waals surface area contributed by atoms with Crippen molar-refractivity contribution in [2.45, 2.75) is 19.8 Å². The lowest BCUT2D eigenvalue weighted by Gasteiger charge is -2.11. The highest BCUT2D eigenvalue weighted by Gasteiger charge is 2.20. The smallest absolute Gasteiger partial charge is 0.123 e. The highest BCUT2D eigenvalue weighted by molar-refractivity contribution is 5.54. The Morgan fingerprint density at radius 1 is 1.60 bits per heavy atom. The highest BCUT2D eigenvalue weighted by atomic mass is 16.6. The second kappa shape index (κ2) is 4.08. The molecule has 0 aliphatic carbocycles. The van der Waals surface area contributed by atoms with E-state index in [2.05, 4.69) is 4.84 Å². The Morgan fingerprint density at radius 2 is 2.40 bits per heavy atom. The maximum atomic E-state index is 9.94. The number of phenolic OH excluding ortho intramolecular Hbond substituents is 1. The molecule has 0 saturated carbocycles. The SMILES string of the molecule is Cc1cc2c(c(CCON)c1O)CCO2. The molecule has 0 atom stereocenters. The zero-order valence-corrected chi connectivity index (χ0v) is 8.75. The summed E-state index contributed by atoms with van der Waals surface area (Å²) < 4.78 is 5.47. The van der Waals surface area contributed by atoms with Gasteiger partial charge in [0.1, 0.15) is 11.5 Å². The molecule has 0 aromatic heterocycles. The maximum absolute atomic E-state index is 9.94. The molecule has 1 aliphatic rings. The van der Waals surface area contributed by atoms with Crippen LogP contribution in [-0.4, -0.2) is 18.3 Å². The molecule has 0 fully saturated rings. The predicted molar refractivity (Wildman–Crippen MR) is 55.9 cm³/mol. The van der Waals surface area contributed by atoms with Crippen LogP contribution in [0.3, 0.4) is 0 Å². The third kappa shape index (κ3) is 1.78. The third-order valence-corrected chi connectivity index (χ3v) is 2.75. The Balaban J connectivity index is 2.41. The molecular weight excluding hydrogens is 194 g/mol. The summed E-state index contributed by atoms with van der Waals surface area (Å²) >= 11 is 0. The molecule has 1 aromatic carbocycles. The van der Waals surface area contributed by atoms with Gasteiger partial charge in [0.15, 0.2) is 0 Å². The van der Waals surface area contributed by atoms with E-state index in [-0.39, 0.29) is 0 Å². The summed E-state index contributed by atoms with van der Waals surface area (Å²) in [6.45, 7) is 2.96. The molecule has 2 rings (SSSR count). The first-order valence-corrected chi connectivity index (χ1v) is 5.03. The molecule has 4 nitrogen and oxygen atoms in total.